The third kappa shape index (κ3) is 2.71. The topological polar surface area (TPSA) is 75.9 Å². The van der Waals surface area contributed by atoms with Crippen LogP contribution in [0.15, 0.2) is 18.3 Å². The molecular formula is C10H7F4N5. The number of hydrogen-bond acceptors (Lipinski definition) is 5. The molecule has 2 aromatic rings. The van der Waals surface area contributed by atoms with Gasteiger partial charge in [0.15, 0.2) is 23.3 Å². The molecule has 0 radical (unpaired) electrons. The van der Waals surface area contributed by atoms with Crippen molar-refractivity contribution in [2.75, 3.05) is 10.7 Å². The predicted molar refractivity (Wildman–Crippen MR) is 59.4 cm³/mol. The maximum Gasteiger partial charge on any atom is 0.239 e. The van der Waals surface area contributed by atoms with Crippen LogP contribution in [0.5, 0.6) is 0 Å². The van der Waals surface area contributed by atoms with Gasteiger partial charge in [-0.1, -0.05) is 0 Å². The highest BCUT2D eigenvalue weighted by Crippen LogP contribution is 2.23. The van der Waals surface area contributed by atoms with E-state index in [2.05, 4.69) is 20.7 Å². The Balaban J connectivity index is 2.38. The van der Waals surface area contributed by atoms with Crippen LogP contribution in [0.3, 0.4) is 0 Å². The van der Waals surface area contributed by atoms with Gasteiger partial charge in [-0.05, 0) is 0 Å². The number of nitrogens with one attached hydrogen (secondary N) is 2. The van der Waals surface area contributed by atoms with Gasteiger partial charge in [0.2, 0.25) is 5.95 Å². The van der Waals surface area contributed by atoms with Crippen molar-refractivity contribution in [1.29, 1.82) is 0 Å². The van der Waals surface area contributed by atoms with E-state index in [1.54, 1.807) is 0 Å². The standard InChI is InChI=1S/C10H7F4N5/c11-4-1-6(13)8(2-5(4)12)17-9-7(14)3-16-10(18-9)19-15/h1-3H,15H2,(H2,16,17,18,19). The van der Waals surface area contributed by atoms with Crippen molar-refractivity contribution in [2.45, 2.75) is 0 Å². The fraction of sp³-hybridized carbons (Fsp3) is 0. The molecule has 0 aliphatic heterocycles. The average molecular weight is 273 g/mol. The molecule has 0 saturated heterocycles. The van der Waals surface area contributed by atoms with Gasteiger partial charge in [0, 0.05) is 12.1 Å². The Labute approximate surface area is 104 Å². The van der Waals surface area contributed by atoms with E-state index in [0.29, 0.717) is 12.1 Å². The molecule has 19 heavy (non-hydrogen) atoms. The normalized spacial score (nSPS) is 10.4. The molecule has 0 fully saturated rings. The van der Waals surface area contributed by atoms with Crippen molar-refractivity contribution in [1.82, 2.24) is 9.97 Å². The van der Waals surface area contributed by atoms with E-state index >= 15 is 0 Å². The fourth-order valence-electron chi connectivity index (χ4n) is 1.27. The first-order valence-corrected chi connectivity index (χ1v) is 4.92. The van der Waals surface area contributed by atoms with Gasteiger partial charge in [0.05, 0.1) is 11.9 Å². The van der Waals surface area contributed by atoms with Crippen molar-refractivity contribution >= 4 is 17.5 Å². The second-order valence-corrected chi connectivity index (χ2v) is 3.41. The number of nitrogen functional groups attached to an aromatic ring is 1. The lowest BCUT2D eigenvalue weighted by Crippen LogP contribution is -2.12. The van der Waals surface area contributed by atoms with E-state index in [4.69, 9.17) is 5.84 Å². The number of hydrazine groups is 1. The van der Waals surface area contributed by atoms with Crippen molar-refractivity contribution in [3.63, 3.8) is 0 Å². The molecule has 0 saturated carbocycles. The first-order chi connectivity index (χ1) is 9.01. The van der Waals surface area contributed by atoms with Crippen LogP contribution in [0.1, 0.15) is 0 Å². The van der Waals surface area contributed by atoms with Crippen LogP contribution in [0, 0.1) is 23.3 Å². The predicted octanol–water partition coefficient (Wildman–Crippen LogP) is 2.06. The molecule has 4 N–H and O–H groups in total. The molecule has 0 spiro atoms. The third-order valence-electron chi connectivity index (χ3n) is 2.14. The van der Waals surface area contributed by atoms with Gasteiger partial charge in [-0.25, -0.2) is 28.4 Å². The molecule has 0 aliphatic carbocycles. The van der Waals surface area contributed by atoms with E-state index in [1.807, 2.05) is 0 Å². The third-order valence-corrected chi connectivity index (χ3v) is 2.14. The van der Waals surface area contributed by atoms with E-state index < -0.39 is 34.8 Å². The summed E-state index contributed by atoms with van der Waals surface area (Å²) in [6, 6.07) is 0.876. The van der Waals surface area contributed by atoms with Crippen molar-refractivity contribution in [3.8, 4) is 0 Å². The summed E-state index contributed by atoms with van der Waals surface area (Å²) in [5, 5.41) is 2.18. The van der Waals surface area contributed by atoms with E-state index in [1.165, 1.54) is 0 Å². The molecule has 100 valence electrons. The molecule has 0 aliphatic rings. The van der Waals surface area contributed by atoms with Crippen LogP contribution >= 0.6 is 0 Å². The van der Waals surface area contributed by atoms with Crippen LogP contribution in [0.25, 0.3) is 0 Å². The Morgan fingerprint density at radius 1 is 0.947 bits per heavy atom. The summed E-state index contributed by atoms with van der Waals surface area (Å²) in [4.78, 5) is 7.03. The van der Waals surface area contributed by atoms with Gasteiger partial charge in [0.1, 0.15) is 5.82 Å². The number of nitrogens with zero attached hydrogens (tertiary/aromatic N) is 2. The Morgan fingerprint density at radius 2 is 1.63 bits per heavy atom. The molecule has 0 unspecified atom stereocenters. The highest BCUT2D eigenvalue weighted by molar-refractivity contribution is 5.58. The number of halogens is 4. The summed E-state index contributed by atoms with van der Waals surface area (Å²) in [7, 11) is 0. The Hall–Kier alpha value is -2.42. The summed E-state index contributed by atoms with van der Waals surface area (Å²) in [6.07, 6.45) is 0.780. The molecule has 1 aromatic heterocycles. The van der Waals surface area contributed by atoms with Gasteiger partial charge < -0.3 is 5.32 Å². The second-order valence-electron chi connectivity index (χ2n) is 3.41. The lowest BCUT2D eigenvalue weighted by Gasteiger charge is -2.09. The number of hydrogen-bond donors (Lipinski definition) is 3. The highest BCUT2D eigenvalue weighted by atomic mass is 19.2. The Kier molecular flexibility index (Phi) is 3.47. The summed E-state index contributed by atoms with van der Waals surface area (Å²) in [6.45, 7) is 0. The minimum absolute atomic E-state index is 0.133. The van der Waals surface area contributed by atoms with Crippen LogP contribution in [0.2, 0.25) is 0 Å². The van der Waals surface area contributed by atoms with Gasteiger partial charge >= 0.3 is 0 Å². The highest BCUT2D eigenvalue weighted by Gasteiger charge is 2.13. The minimum Gasteiger partial charge on any atom is -0.335 e. The number of aromatic nitrogens is 2. The van der Waals surface area contributed by atoms with Crippen LogP contribution in [-0.2, 0) is 0 Å². The molecule has 2 rings (SSSR count). The summed E-state index contributed by atoms with van der Waals surface area (Å²) < 4.78 is 52.4. The molecule has 9 heteroatoms. The van der Waals surface area contributed by atoms with Gasteiger partial charge in [-0.3, -0.25) is 5.43 Å². The Bertz CT molecular complexity index is 619. The number of anilines is 3. The van der Waals surface area contributed by atoms with E-state index in [-0.39, 0.29) is 5.95 Å². The SMILES string of the molecule is NNc1ncc(F)c(Nc2cc(F)c(F)cc2F)n1. The van der Waals surface area contributed by atoms with Crippen molar-refractivity contribution in [3.05, 3.63) is 41.6 Å². The minimum atomic E-state index is -1.35. The molecule has 0 amide bonds. The summed E-state index contributed by atoms with van der Waals surface area (Å²) >= 11 is 0. The lowest BCUT2D eigenvalue weighted by atomic mass is 10.3. The maximum absolute atomic E-state index is 13.4. The first-order valence-electron chi connectivity index (χ1n) is 4.92. The van der Waals surface area contributed by atoms with Crippen LogP contribution < -0.4 is 16.6 Å². The van der Waals surface area contributed by atoms with Crippen LogP contribution in [-0.4, -0.2) is 9.97 Å². The molecule has 1 aromatic carbocycles. The van der Waals surface area contributed by atoms with E-state index in [9.17, 15) is 17.6 Å². The van der Waals surface area contributed by atoms with Gasteiger partial charge in [-0.15, -0.1) is 0 Å². The molecule has 0 atom stereocenters. The zero-order chi connectivity index (χ0) is 14.0. The van der Waals surface area contributed by atoms with Gasteiger partial charge in [-0.2, -0.15) is 4.98 Å². The zero-order valence-electron chi connectivity index (χ0n) is 9.22. The Morgan fingerprint density at radius 3 is 2.32 bits per heavy atom. The quantitative estimate of drug-likeness (QED) is 0.345. The molecular weight excluding hydrogens is 266 g/mol. The number of rotatable bonds is 3. The fourth-order valence-corrected chi connectivity index (χ4v) is 1.27. The molecule has 1 heterocycles. The largest absolute Gasteiger partial charge is 0.335 e. The lowest BCUT2D eigenvalue weighted by molar-refractivity contribution is 0.496. The monoisotopic (exact) mass is 273 g/mol. The first kappa shape index (κ1) is 13.0. The number of benzene rings is 1. The smallest absolute Gasteiger partial charge is 0.239 e. The summed E-state index contributed by atoms with van der Waals surface area (Å²) in [5.74, 6) is -0.188. The maximum atomic E-state index is 13.4. The zero-order valence-corrected chi connectivity index (χ0v) is 9.22. The van der Waals surface area contributed by atoms with Crippen molar-refractivity contribution < 1.29 is 17.6 Å². The van der Waals surface area contributed by atoms with Gasteiger partial charge in [0.25, 0.3) is 0 Å². The molecule has 5 nitrogen and oxygen atoms in total. The number of nitrogens with two attached hydrogens (primary N) is 1. The molecule has 0 bridgehead atoms. The summed E-state index contributed by atoms with van der Waals surface area (Å²) in [5.41, 5.74) is 1.59. The van der Waals surface area contributed by atoms with E-state index in [0.717, 1.165) is 6.20 Å². The van der Waals surface area contributed by atoms with Crippen LogP contribution in [0.4, 0.5) is 35.0 Å². The average Bonchev–Trinajstić information content (AvgIpc) is 2.38. The van der Waals surface area contributed by atoms with Crippen molar-refractivity contribution in [2.24, 2.45) is 5.84 Å². The second kappa shape index (κ2) is 5.06.